The second kappa shape index (κ2) is 9.90. The van der Waals surface area contributed by atoms with Gasteiger partial charge in [-0.15, -0.1) is 36.3 Å². The molecule has 0 aliphatic heterocycles. The molecule has 0 N–H and O–H groups in total. The predicted molar refractivity (Wildman–Crippen MR) is 72.2 cm³/mol. The van der Waals surface area contributed by atoms with Crippen LogP contribution in [0, 0.1) is 6.42 Å². The van der Waals surface area contributed by atoms with E-state index in [1.165, 1.54) is 0 Å². The van der Waals surface area contributed by atoms with E-state index in [0.717, 1.165) is 22.4 Å². The van der Waals surface area contributed by atoms with Gasteiger partial charge >= 0.3 is 37.7 Å². The van der Waals surface area contributed by atoms with Crippen LogP contribution in [0.15, 0.2) is 42.5 Å². The smallest absolute Gasteiger partial charge is 0.857 e. The molecule has 5 heteroatoms. The van der Waals surface area contributed by atoms with Crippen LogP contribution in [0.5, 0.6) is 11.5 Å². The number of methoxy groups -OCH3 is 2. The Morgan fingerprint density at radius 1 is 0.952 bits per heavy atom. The van der Waals surface area contributed by atoms with Gasteiger partial charge in [-0.05, 0) is 0 Å². The SMILES string of the molecule is COc1ccc([CH-]c2c(C[O-])cccc2OC)cc1.[Li+].[Li+]. The van der Waals surface area contributed by atoms with Gasteiger partial charge in [-0.1, -0.05) is 35.9 Å². The monoisotopic (exact) mass is 270 g/mol. The molecule has 0 atom stereocenters. The van der Waals surface area contributed by atoms with E-state index in [1.807, 2.05) is 48.9 Å². The maximum Gasteiger partial charge on any atom is 1.00 e. The van der Waals surface area contributed by atoms with Gasteiger partial charge in [0.1, 0.15) is 5.75 Å². The first-order valence-corrected chi connectivity index (χ1v) is 6.01. The zero-order chi connectivity index (χ0) is 13.7. The second-order valence-corrected chi connectivity index (χ2v) is 4.09. The minimum atomic E-state index is -0.265. The molecule has 0 aromatic heterocycles. The normalized spacial score (nSPS) is 9.10. The summed E-state index contributed by atoms with van der Waals surface area (Å²) in [5.74, 6) is 1.52. The number of hydrogen-bond acceptors (Lipinski definition) is 3. The molecule has 0 aliphatic carbocycles. The van der Waals surface area contributed by atoms with Crippen LogP contribution in [0.3, 0.4) is 0 Å². The first-order chi connectivity index (χ1) is 9.28. The molecule has 21 heavy (non-hydrogen) atoms. The summed E-state index contributed by atoms with van der Waals surface area (Å²) in [6.07, 6.45) is 1.95. The Labute approximate surface area is 150 Å². The molecule has 0 unspecified atom stereocenters. The quantitative estimate of drug-likeness (QED) is 0.413. The molecule has 3 nitrogen and oxygen atoms in total. The molecular formula is C16H16Li2O3. The Morgan fingerprint density at radius 3 is 2.14 bits per heavy atom. The van der Waals surface area contributed by atoms with Crippen LogP contribution in [0.4, 0.5) is 0 Å². The number of hydrogen-bond donors (Lipinski definition) is 0. The van der Waals surface area contributed by atoms with Crippen LogP contribution >= 0.6 is 0 Å². The van der Waals surface area contributed by atoms with E-state index in [4.69, 9.17) is 9.47 Å². The molecule has 0 amide bonds. The van der Waals surface area contributed by atoms with Crippen molar-refractivity contribution in [2.75, 3.05) is 14.2 Å². The summed E-state index contributed by atoms with van der Waals surface area (Å²) in [6, 6.07) is 13.2. The van der Waals surface area contributed by atoms with E-state index in [9.17, 15) is 5.11 Å². The molecule has 0 radical (unpaired) electrons. The maximum atomic E-state index is 11.2. The van der Waals surface area contributed by atoms with Crippen LogP contribution in [-0.4, -0.2) is 14.2 Å². The molecule has 0 saturated heterocycles. The van der Waals surface area contributed by atoms with Crippen LogP contribution in [0.25, 0.3) is 0 Å². The van der Waals surface area contributed by atoms with Crippen molar-refractivity contribution in [3.05, 3.63) is 65.6 Å². The Kier molecular flexibility index (Phi) is 9.46. The topological polar surface area (TPSA) is 41.5 Å². The van der Waals surface area contributed by atoms with E-state index in [0.29, 0.717) is 5.75 Å². The molecular weight excluding hydrogens is 254 g/mol. The van der Waals surface area contributed by atoms with Gasteiger partial charge in [0.25, 0.3) is 0 Å². The molecule has 2 aromatic carbocycles. The molecule has 0 spiro atoms. The summed E-state index contributed by atoms with van der Waals surface area (Å²) in [5, 5.41) is 11.2. The zero-order valence-corrected chi connectivity index (χ0v) is 13.1. The Balaban J connectivity index is 0.00000200. The van der Waals surface area contributed by atoms with Crippen LogP contribution in [-0.2, 0) is 6.61 Å². The van der Waals surface area contributed by atoms with E-state index in [-0.39, 0.29) is 44.3 Å². The Bertz CT molecular complexity index is 519. The minimum Gasteiger partial charge on any atom is -0.857 e. The zero-order valence-electron chi connectivity index (χ0n) is 13.1. The van der Waals surface area contributed by atoms with Gasteiger partial charge in [-0.25, -0.2) is 0 Å². The Morgan fingerprint density at radius 2 is 1.62 bits per heavy atom. The first kappa shape index (κ1) is 20.1. The third-order valence-corrected chi connectivity index (χ3v) is 2.96. The van der Waals surface area contributed by atoms with Crippen molar-refractivity contribution in [1.82, 2.24) is 0 Å². The molecule has 0 saturated carbocycles. The average molecular weight is 270 g/mol. The molecule has 2 aromatic rings. The predicted octanol–water partition coefficient (Wildman–Crippen LogP) is -3.83. The summed E-state index contributed by atoms with van der Waals surface area (Å²) in [5.41, 5.74) is 2.57. The van der Waals surface area contributed by atoms with Gasteiger partial charge in [-0.3, -0.25) is 0 Å². The van der Waals surface area contributed by atoms with Gasteiger partial charge in [0.2, 0.25) is 0 Å². The van der Waals surface area contributed by atoms with Crippen molar-refractivity contribution >= 4 is 0 Å². The van der Waals surface area contributed by atoms with Crippen molar-refractivity contribution in [3.8, 4) is 11.5 Å². The van der Waals surface area contributed by atoms with Gasteiger partial charge in [0.05, 0.1) is 20.0 Å². The Hall–Kier alpha value is -0.935. The third kappa shape index (κ3) is 5.08. The molecule has 2 rings (SSSR count). The maximum absolute atomic E-state index is 11.2. The van der Waals surface area contributed by atoms with Gasteiger partial charge in [0, 0.05) is 0 Å². The van der Waals surface area contributed by atoms with E-state index in [2.05, 4.69) is 0 Å². The number of benzene rings is 2. The molecule has 0 heterocycles. The molecule has 0 bridgehead atoms. The van der Waals surface area contributed by atoms with Crippen molar-refractivity contribution < 1.29 is 52.3 Å². The van der Waals surface area contributed by atoms with E-state index >= 15 is 0 Å². The summed E-state index contributed by atoms with van der Waals surface area (Å²) < 4.78 is 10.4. The fourth-order valence-electron chi connectivity index (χ4n) is 1.92. The minimum absolute atomic E-state index is 0. The van der Waals surface area contributed by atoms with E-state index in [1.54, 1.807) is 14.2 Å². The summed E-state index contributed by atoms with van der Waals surface area (Å²) >= 11 is 0. The van der Waals surface area contributed by atoms with E-state index < -0.39 is 0 Å². The van der Waals surface area contributed by atoms with Gasteiger partial charge in [0.15, 0.2) is 0 Å². The molecule has 0 fully saturated rings. The number of rotatable bonds is 5. The number of ether oxygens (including phenoxy) is 2. The summed E-state index contributed by atoms with van der Waals surface area (Å²) in [7, 11) is 3.24. The van der Waals surface area contributed by atoms with Crippen molar-refractivity contribution in [1.29, 1.82) is 0 Å². The second-order valence-electron chi connectivity index (χ2n) is 4.09. The van der Waals surface area contributed by atoms with Crippen LogP contribution < -0.4 is 52.3 Å². The average Bonchev–Trinajstić information content (AvgIpc) is 2.48. The van der Waals surface area contributed by atoms with Crippen molar-refractivity contribution in [2.45, 2.75) is 6.61 Å². The largest absolute Gasteiger partial charge is 1.00 e. The van der Waals surface area contributed by atoms with Crippen LogP contribution in [0.2, 0.25) is 0 Å². The standard InChI is InChI=1S/C16H16O3.2Li/c1-18-14-8-6-12(7-9-14)10-15-13(11-17)4-3-5-16(15)19-2;;/h3-10H,11H2,1-2H3;;/q-2;2*+1. The fraction of sp³-hybridized carbons (Fsp3) is 0.188. The summed E-state index contributed by atoms with van der Waals surface area (Å²) in [4.78, 5) is 0. The first-order valence-electron chi connectivity index (χ1n) is 6.01. The van der Waals surface area contributed by atoms with Crippen molar-refractivity contribution in [3.63, 3.8) is 0 Å². The van der Waals surface area contributed by atoms with Crippen LogP contribution in [0.1, 0.15) is 16.7 Å². The van der Waals surface area contributed by atoms with Crippen molar-refractivity contribution in [2.24, 2.45) is 0 Å². The molecule has 100 valence electrons. The summed E-state index contributed by atoms with van der Waals surface area (Å²) in [6.45, 7) is -0.265. The molecule has 0 aliphatic rings. The van der Waals surface area contributed by atoms with Gasteiger partial charge in [-0.2, -0.15) is 0 Å². The van der Waals surface area contributed by atoms with Gasteiger partial charge < -0.3 is 14.6 Å². The fourth-order valence-corrected chi connectivity index (χ4v) is 1.92. The third-order valence-electron chi connectivity index (χ3n) is 2.96.